The number of thiazole rings is 1. The highest BCUT2D eigenvalue weighted by molar-refractivity contribution is 7.15. The summed E-state index contributed by atoms with van der Waals surface area (Å²) >= 11 is 1.46. The molecule has 1 amide bonds. The van der Waals surface area contributed by atoms with Crippen LogP contribution >= 0.6 is 11.3 Å². The van der Waals surface area contributed by atoms with Crippen LogP contribution in [-0.4, -0.2) is 20.0 Å². The summed E-state index contributed by atoms with van der Waals surface area (Å²) in [6.45, 7) is 4.23. The second-order valence-corrected chi connectivity index (χ2v) is 6.64. The van der Waals surface area contributed by atoms with Gasteiger partial charge in [0.15, 0.2) is 5.13 Å². The summed E-state index contributed by atoms with van der Waals surface area (Å²) in [7, 11) is 1.74. The van der Waals surface area contributed by atoms with Gasteiger partial charge in [-0.05, 0) is 26.0 Å². The van der Waals surface area contributed by atoms with Gasteiger partial charge in [-0.3, -0.25) is 13.9 Å². The van der Waals surface area contributed by atoms with Crippen molar-refractivity contribution in [3.63, 3.8) is 0 Å². The molecule has 0 unspecified atom stereocenters. The lowest BCUT2D eigenvalue weighted by Gasteiger charge is -2.03. The van der Waals surface area contributed by atoms with Crippen LogP contribution in [-0.2, 0) is 18.4 Å². The fourth-order valence-corrected chi connectivity index (χ4v) is 3.33. The van der Waals surface area contributed by atoms with Crippen molar-refractivity contribution >= 4 is 33.4 Å². The van der Waals surface area contributed by atoms with Gasteiger partial charge >= 0.3 is 5.69 Å². The Hall–Kier alpha value is -2.41. The lowest BCUT2D eigenvalue weighted by Crippen LogP contribution is -2.24. The molecule has 7 heteroatoms. The van der Waals surface area contributed by atoms with Gasteiger partial charge in [-0.1, -0.05) is 12.1 Å². The first-order valence-electron chi connectivity index (χ1n) is 7.35. The number of carbonyl (C=O) groups is 1. The number of nitrogens with one attached hydrogen (secondary N) is 1. The standard InChI is InChI=1S/C16H18N4O2S/c1-10-11(2)23-15(17-10)18-14(21)8-9-20-13-7-5-4-6-12(13)19(3)16(20)22/h4-7H,8-9H2,1-3H3,(H,17,18,21). The van der Waals surface area contributed by atoms with Crippen LogP contribution in [0.2, 0.25) is 0 Å². The Morgan fingerprint density at radius 3 is 2.61 bits per heavy atom. The van der Waals surface area contributed by atoms with E-state index in [0.717, 1.165) is 21.6 Å². The van der Waals surface area contributed by atoms with Crippen molar-refractivity contribution in [2.75, 3.05) is 5.32 Å². The zero-order valence-corrected chi connectivity index (χ0v) is 14.1. The number of aromatic nitrogens is 3. The minimum absolute atomic E-state index is 0.111. The molecule has 2 heterocycles. The average Bonchev–Trinajstić information content (AvgIpc) is 2.96. The van der Waals surface area contributed by atoms with E-state index in [1.54, 1.807) is 16.2 Å². The quantitative estimate of drug-likeness (QED) is 0.799. The summed E-state index contributed by atoms with van der Waals surface area (Å²) in [5, 5.41) is 3.40. The van der Waals surface area contributed by atoms with Gasteiger partial charge in [-0.25, -0.2) is 9.78 Å². The van der Waals surface area contributed by atoms with Gasteiger partial charge in [0.25, 0.3) is 0 Å². The minimum atomic E-state index is -0.140. The number of imidazole rings is 1. The first-order chi connectivity index (χ1) is 11.0. The lowest BCUT2D eigenvalue weighted by atomic mass is 10.3. The molecule has 23 heavy (non-hydrogen) atoms. The largest absolute Gasteiger partial charge is 0.328 e. The SMILES string of the molecule is Cc1nc(NC(=O)CCn2c(=O)n(C)c3ccccc32)sc1C. The second kappa shape index (κ2) is 6.00. The maximum absolute atomic E-state index is 12.3. The van der Waals surface area contributed by atoms with E-state index in [2.05, 4.69) is 10.3 Å². The Bertz CT molecular complexity index is 916. The average molecular weight is 330 g/mol. The van der Waals surface area contributed by atoms with Crippen molar-refractivity contribution < 1.29 is 4.79 Å². The second-order valence-electron chi connectivity index (χ2n) is 5.44. The van der Waals surface area contributed by atoms with Gasteiger partial charge < -0.3 is 5.32 Å². The zero-order valence-electron chi connectivity index (χ0n) is 13.3. The summed E-state index contributed by atoms with van der Waals surface area (Å²) in [4.78, 5) is 29.8. The van der Waals surface area contributed by atoms with E-state index in [-0.39, 0.29) is 18.0 Å². The van der Waals surface area contributed by atoms with Crippen molar-refractivity contribution in [2.24, 2.45) is 7.05 Å². The van der Waals surface area contributed by atoms with E-state index in [0.29, 0.717) is 11.7 Å². The van der Waals surface area contributed by atoms with Gasteiger partial charge in [-0.15, -0.1) is 11.3 Å². The molecule has 3 rings (SSSR count). The van der Waals surface area contributed by atoms with Crippen LogP contribution in [0.25, 0.3) is 11.0 Å². The van der Waals surface area contributed by atoms with E-state index in [1.165, 1.54) is 11.3 Å². The molecule has 0 bridgehead atoms. The number of hydrogen-bond donors (Lipinski definition) is 1. The molecule has 1 aromatic carbocycles. The van der Waals surface area contributed by atoms with E-state index in [1.807, 2.05) is 38.1 Å². The van der Waals surface area contributed by atoms with Gasteiger partial charge in [0, 0.05) is 24.9 Å². The van der Waals surface area contributed by atoms with Crippen molar-refractivity contribution in [1.29, 1.82) is 0 Å². The van der Waals surface area contributed by atoms with Crippen molar-refractivity contribution in [2.45, 2.75) is 26.8 Å². The van der Waals surface area contributed by atoms with Crippen LogP contribution in [0.3, 0.4) is 0 Å². The normalized spacial score (nSPS) is 11.1. The number of para-hydroxylation sites is 2. The van der Waals surface area contributed by atoms with Gasteiger partial charge in [0.05, 0.1) is 16.7 Å². The Morgan fingerprint density at radius 2 is 1.96 bits per heavy atom. The Kier molecular flexibility index (Phi) is 4.04. The molecule has 0 fully saturated rings. The molecule has 0 saturated carbocycles. The van der Waals surface area contributed by atoms with Crippen LogP contribution in [0.15, 0.2) is 29.1 Å². The van der Waals surface area contributed by atoms with Gasteiger partial charge in [-0.2, -0.15) is 0 Å². The third-order valence-corrected chi connectivity index (χ3v) is 4.88. The zero-order chi connectivity index (χ0) is 16.6. The molecule has 0 radical (unpaired) electrons. The number of amides is 1. The number of hydrogen-bond acceptors (Lipinski definition) is 4. The van der Waals surface area contributed by atoms with Gasteiger partial charge in [0.1, 0.15) is 0 Å². The predicted molar refractivity (Wildman–Crippen MR) is 92.0 cm³/mol. The number of fused-ring (bicyclic) bond motifs is 1. The molecule has 0 aliphatic carbocycles. The van der Waals surface area contributed by atoms with E-state index >= 15 is 0 Å². The number of nitrogens with zero attached hydrogens (tertiary/aromatic N) is 3. The Morgan fingerprint density at radius 1 is 1.26 bits per heavy atom. The summed E-state index contributed by atoms with van der Waals surface area (Å²) in [6, 6.07) is 7.57. The molecule has 120 valence electrons. The van der Waals surface area contributed by atoms with Crippen molar-refractivity contribution in [3.05, 3.63) is 45.3 Å². The molecule has 3 aromatic rings. The molecule has 2 aromatic heterocycles. The lowest BCUT2D eigenvalue weighted by molar-refractivity contribution is -0.116. The van der Waals surface area contributed by atoms with Crippen LogP contribution in [0.5, 0.6) is 0 Å². The number of aryl methyl sites for hydroxylation is 4. The Labute approximate surface area is 137 Å². The first-order valence-corrected chi connectivity index (χ1v) is 8.17. The minimum Gasteiger partial charge on any atom is -0.302 e. The number of benzene rings is 1. The topological polar surface area (TPSA) is 68.9 Å². The molecule has 0 saturated heterocycles. The Balaban J connectivity index is 1.74. The summed E-state index contributed by atoms with van der Waals surface area (Å²) in [5.74, 6) is -0.140. The maximum atomic E-state index is 12.3. The highest BCUT2D eigenvalue weighted by Crippen LogP contribution is 2.21. The third-order valence-electron chi connectivity index (χ3n) is 3.89. The first kappa shape index (κ1) is 15.5. The van der Waals surface area contributed by atoms with Crippen molar-refractivity contribution in [1.82, 2.24) is 14.1 Å². The molecule has 1 N–H and O–H groups in total. The number of rotatable bonds is 4. The van der Waals surface area contributed by atoms with Crippen LogP contribution in [0, 0.1) is 13.8 Å². The molecule has 0 spiro atoms. The molecular weight excluding hydrogens is 312 g/mol. The monoisotopic (exact) mass is 330 g/mol. The maximum Gasteiger partial charge on any atom is 0.328 e. The predicted octanol–water partition coefficient (Wildman–Crippen LogP) is 2.44. The van der Waals surface area contributed by atoms with Crippen LogP contribution in [0.1, 0.15) is 17.0 Å². The molecule has 0 aliphatic heterocycles. The number of anilines is 1. The third kappa shape index (κ3) is 2.92. The highest BCUT2D eigenvalue weighted by atomic mass is 32.1. The van der Waals surface area contributed by atoms with Crippen LogP contribution < -0.4 is 11.0 Å². The fourth-order valence-electron chi connectivity index (χ4n) is 2.50. The highest BCUT2D eigenvalue weighted by Gasteiger charge is 2.12. The fraction of sp³-hybridized carbons (Fsp3) is 0.312. The van der Waals surface area contributed by atoms with Crippen LogP contribution in [0.4, 0.5) is 5.13 Å². The van der Waals surface area contributed by atoms with E-state index in [4.69, 9.17) is 0 Å². The molecule has 0 aliphatic rings. The summed E-state index contributed by atoms with van der Waals surface area (Å²) < 4.78 is 3.23. The molecular formula is C16H18N4O2S. The molecule has 0 atom stereocenters. The summed E-state index contributed by atoms with van der Waals surface area (Å²) in [5.41, 5.74) is 2.52. The van der Waals surface area contributed by atoms with Gasteiger partial charge in [0.2, 0.25) is 5.91 Å². The molecule has 6 nitrogen and oxygen atoms in total. The van der Waals surface area contributed by atoms with Crippen molar-refractivity contribution in [3.8, 4) is 0 Å². The van der Waals surface area contributed by atoms with E-state index < -0.39 is 0 Å². The number of carbonyl (C=O) groups excluding carboxylic acids is 1. The smallest absolute Gasteiger partial charge is 0.302 e. The summed E-state index contributed by atoms with van der Waals surface area (Å²) in [6.07, 6.45) is 0.228. The van der Waals surface area contributed by atoms with E-state index in [9.17, 15) is 9.59 Å².